The van der Waals surface area contributed by atoms with Crippen LogP contribution in [-0.4, -0.2) is 38.6 Å². The van der Waals surface area contributed by atoms with Crippen molar-refractivity contribution in [3.8, 4) is 0 Å². The third kappa shape index (κ3) is 4.15. The first-order chi connectivity index (χ1) is 13.5. The summed E-state index contributed by atoms with van der Waals surface area (Å²) < 4.78 is 41.4. The summed E-state index contributed by atoms with van der Waals surface area (Å²) in [6, 6.07) is 11.1. The van der Waals surface area contributed by atoms with Crippen molar-refractivity contribution in [3.05, 3.63) is 74.2 Å². The average Bonchev–Trinajstić information content (AvgIpc) is 3.01. The molecule has 152 valence electrons. The molecular formula is C18H13BrF3N3O4. The number of aliphatic hydroxyl groups is 1. The minimum Gasteiger partial charge on any atom is -0.362 e. The van der Waals surface area contributed by atoms with Crippen LogP contribution in [0.15, 0.2) is 58.1 Å². The standard InChI is InChI=1S/C18H13BrF3N3O4/c19-13-3-1-2-12(9-13)15-10-17(27,18(20,21)22)24(23-15)16(26)8-11-4-6-14(7-5-11)25(28)29/h1-7,9,27H,8,10H2/t17-/m0/s1. The van der Waals surface area contributed by atoms with Gasteiger partial charge in [0.1, 0.15) is 0 Å². The van der Waals surface area contributed by atoms with E-state index in [-0.39, 0.29) is 22.0 Å². The number of hydrazone groups is 1. The van der Waals surface area contributed by atoms with Crippen LogP contribution in [0.5, 0.6) is 0 Å². The Morgan fingerprint density at radius 2 is 1.93 bits per heavy atom. The van der Waals surface area contributed by atoms with Crippen molar-refractivity contribution < 1.29 is 28.0 Å². The number of amides is 1. The van der Waals surface area contributed by atoms with E-state index in [0.29, 0.717) is 10.0 Å². The average molecular weight is 472 g/mol. The van der Waals surface area contributed by atoms with E-state index in [1.807, 2.05) is 0 Å². The minimum atomic E-state index is -5.14. The zero-order chi connectivity index (χ0) is 21.4. The van der Waals surface area contributed by atoms with Gasteiger partial charge in [-0.3, -0.25) is 14.9 Å². The minimum absolute atomic E-state index is 0.0463. The second-order valence-corrected chi connectivity index (χ2v) is 7.27. The Morgan fingerprint density at radius 3 is 2.48 bits per heavy atom. The lowest BCUT2D eigenvalue weighted by Gasteiger charge is -2.32. The van der Waals surface area contributed by atoms with Gasteiger partial charge in [-0.05, 0) is 23.3 Å². The zero-order valence-corrected chi connectivity index (χ0v) is 16.1. The third-order valence-electron chi connectivity index (χ3n) is 4.34. The predicted octanol–water partition coefficient (Wildman–Crippen LogP) is 3.79. The van der Waals surface area contributed by atoms with E-state index < -0.39 is 35.6 Å². The fourth-order valence-corrected chi connectivity index (χ4v) is 3.24. The SMILES string of the molecule is O=C(Cc1ccc([N+](=O)[O-])cc1)N1N=C(c2cccc(Br)c2)C[C@]1(O)C(F)(F)F. The van der Waals surface area contributed by atoms with Crippen molar-refractivity contribution in [2.24, 2.45) is 5.10 Å². The molecule has 1 heterocycles. The molecule has 1 amide bonds. The summed E-state index contributed by atoms with van der Waals surface area (Å²) in [4.78, 5) is 22.6. The van der Waals surface area contributed by atoms with E-state index >= 15 is 0 Å². The molecular weight excluding hydrogens is 459 g/mol. The Hall–Kier alpha value is -2.79. The maximum atomic E-state index is 13.6. The van der Waals surface area contributed by atoms with Crippen LogP contribution in [0, 0.1) is 10.1 Å². The molecule has 1 atom stereocenters. The molecule has 0 saturated carbocycles. The van der Waals surface area contributed by atoms with Gasteiger partial charge in [0, 0.05) is 16.6 Å². The summed E-state index contributed by atoms with van der Waals surface area (Å²) in [7, 11) is 0. The normalized spacial score (nSPS) is 19.2. The molecule has 0 bridgehead atoms. The molecule has 3 rings (SSSR count). The topological polar surface area (TPSA) is 96.0 Å². The number of alkyl halides is 3. The molecule has 29 heavy (non-hydrogen) atoms. The quantitative estimate of drug-likeness (QED) is 0.541. The first kappa shape index (κ1) is 20.9. The van der Waals surface area contributed by atoms with E-state index in [9.17, 15) is 33.2 Å². The summed E-state index contributed by atoms with van der Waals surface area (Å²) in [5, 5.41) is 24.8. The molecule has 0 fully saturated rings. The van der Waals surface area contributed by atoms with Crippen LogP contribution >= 0.6 is 15.9 Å². The van der Waals surface area contributed by atoms with Gasteiger partial charge in [0.15, 0.2) is 0 Å². The summed E-state index contributed by atoms with van der Waals surface area (Å²) in [5.41, 5.74) is -3.22. The highest BCUT2D eigenvalue weighted by molar-refractivity contribution is 9.10. The molecule has 0 aromatic heterocycles. The van der Waals surface area contributed by atoms with Crippen molar-refractivity contribution in [3.63, 3.8) is 0 Å². The van der Waals surface area contributed by atoms with E-state index in [1.54, 1.807) is 12.1 Å². The lowest BCUT2D eigenvalue weighted by Crippen LogP contribution is -2.57. The summed E-state index contributed by atoms with van der Waals surface area (Å²) in [6.07, 6.45) is -6.58. The molecule has 0 aliphatic carbocycles. The number of hydrogen-bond acceptors (Lipinski definition) is 5. The lowest BCUT2D eigenvalue weighted by atomic mass is 10.0. The Morgan fingerprint density at radius 1 is 1.28 bits per heavy atom. The van der Waals surface area contributed by atoms with Crippen molar-refractivity contribution in [1.29, 1.82) is 0 Å². The molecule has 2 aromatic carbocycles. The Labute approximate surface area is 170 Å². The smallest absolute Gasteiger partial charge is 0.362 e. The van der Waals surface area contributed by atoms with Crippen LogP contribution in [0.2, 0.25) is 0 Å². The predicted molar refractivity (Wildman–Crippen MR) is 99.9 cm³/mol. The Balaban J connectivity index is 1.91. The zero-order valence-electron chi connectivity index (χ0n) is 14.6. The van der Waals surface area contributed by atoms with Gasteiger partial charge < -0.3 is 5.11 Å². The van der Waals surface area contributed by atoms with Gasteiger partial charge in [0.2, 0.25) is 5.91 Å². The second-order valence-electron chi connectivity index (χ2n) is 6.35. The van der Waals surface area contributed by atoms with Gasteiger partial charge in [-0.15, -0.1) is 0 Å². The number of hydrogen-bond donors (Lipinski definition) is 1. The molecule has 11 heteroatoms. The van der Waals surface area contributed by atoms with Crippen molar-refractivity contribution in [1.82, 2.24) is 5.01 Å². The number of rotatable bonds is 4. The molecule has 2 aromatic rings. The number of carbonyl (C=O) groups is 1. The van der Waals surface area contributed by atoms with Crippen molar-refractivity contribution in [2.45, 2.75) is 24.7 Å². The summed E-state index contributed by atoms with van der Waals surface area (Å²) in [6.45, 7) is 0. The van der Waals surface area contributed by atoms with Gasteiger partial charge >= 0.3 is 6.18 Å². The fraction of sp³-hybridized carbons (Fsp3) is 0.222. The number of nitro groups is 1. The number of nitro benzene ring substituents is 1. The van der Waals surface area contributed by atoms with Crippen molar-refractivity contribution >= 4 is 33.2 Å². The highest BCUT2D eigenvalue weighted by atomic mass is 79.9. The number of nitrogens with zero attached hydrogens (tertiary/aromatic N) is 3. The molecule has 1 N–H and O–H groups in total. The van der Waals surface area contributed by atoms with E-state index in [4.69, 9.17) is 0 Å². The maximum absolute atomic E-state index is 13.6. The molecule has 0 spiro atoms. The highest BCUT2D eigenvalue weighted by Crippen LogP contribution is 2.41. The van der Waals surface area contributed by atoms with Crippen LogP contribution in [-0.2, 0) is 11.2 Å². The molecule has 1 aliphatic rings. The third-order valence-corrected chi connectivity index (χ3v) is 4.83. The van der Waals surface area contributed by atoms with Gasteiger partial charge in [0.05, 0.1) is 23.5 Å². The first-order valence-electron chi connectivity index (χ1n) is 8.20. The molecule has 0 radical (unpaired) electrons. The molecule has 0 saturated heterocycles. The van der Waals surface area contributed by atoms with Crippen LogP contribution in [0.25, 0.3) is 0 Å². The number of non-ortho nitro benzene ring substituents is 1. The van der Waals surface area contributed by atoms with Crippen LogP contribution < -0.4 is 0 Å². The van der Waals surface area contributed by atoms with Crippen LogP contribution in [0.1, 0.15) is 17.5 Å². The van der Waals surface area contributed by atoms with Crippen LogP contribution in [0.4, 0.5) is 18.9 Å². The first-order valence-corrected chi connectivity index (χ1v) is 8.99. The molecule has 1 aliphatic heterocycles. The number of benzene rings is 2. The van der Waals surface area contributed by atoms with E-state index in [2.05, 4.69) is 21.0 Å². The summed E-state index contributed by atoms with van der Waals surface area (Å²) >= 11 is 3.21. The largest absolute Gasteiger partial charge is 0.438 e. The molecule has 0 unspecified atom stereocenters. The number of carbonyl (C=O) groups excluding carboxylic acids is 1. The fourth-order valence-electron chi connectivity index (χ4n) is 2.84. The van der Waals surface area contributed by atoms with Crippen molar-refractivity contribution in [2.75, 3.05) is 0 Å². The Bertz CT molecular complexity index is 995. The van der Waals surface area contributed by atoms with E-state index in [1.165, 1.54) is 24.3 Å². The maximum Gasteiger partial charge on any atom is 0.438 e. The Kier molecular flexibility index (Phi) is 5.46. The van der Waals surface area contributed by atoms with Gasteiger partial charge in [-0.25, -0.2) is 0 Å². The second kappa shape index (κ2) is 7.56. The molecule has 7 nitrogen and oxygen atoms in total. The summed E-state index contributed by atoms with van der Waals surface area (Å²) in [5.74, 6) is -1.09. The number of halogens is 4. The van der Waals surface area contributed by atoms with E-state index in [0.717, 1.165) is 12.1 Å². The van der Waals surface area contributed by atoms with Crippen LogP contribution in [0.3, 0.4) is 0 Å². The highest BCUT2D eigenvalue weighted by Gasteiger charge is 2.63. The monoisotopic (exact) mass is 471 g/mol. The lowest BCUT2D eigenvalue weighted by molar-refractivity contribution is -0.384. The van der Waals surface area contributed by atoms with Gasteiger partial charge in [-0.1, -0.05) is 40.2 Å². The van der Waals surface area contributed by atoms with Gasteiger partial charge in [0.25, 0.3) is 11.4 Å². The van der Waals surface area contributed by atoms with Gasteiger partial charge in [-0.2, -0.15) is 23.3 Å².